The van der Waals surface area contributed by atoms with E-state index in [-0.39, 0.29) is 29.6 Å². The average molecular weight is 166 g/mol. The average Bonchev–Trinajstić information content (AvgIpc) is 1.59. The van der Waals surface area contributed by atoms with Crippen molar-refractivity contribution in [2.75, 3.05) is 0 Å². The van der Waals surface area contributed by atoms with E-state index < -0.39 is 0 Å². The fourth-order valence-corrected chi connectivity index (χ4v) is 1.29. The van der Waals surface area contributed by atoms with Crippen molar-refractivity contribution < 1.29 is 4.79 Å². The van der Waals surface area contributed by atoms with E-state index in [2.05, 4.69) is 27.7 Å². The predicted octanol–water partition coefficient (Wildman–Crippen LogP) is 2.00. The predicted molar refractivity (Wildman–Crippen MR) is 51.1 cm³/mol. The van der Waals surface area contributed by atoms with Crippen molar-refractivity contribution in [3.63, 3.8) is 0 Å². The standard InChI is InChI=1S/C9H18O.Na.H/c1-8(5-6-10)7-9(2,3)4;;/h6,8H,5,7H2,1-4H3;;. The van der Waals surface area contributed by atoms with Crippen LogP contribution in [0, 0.1) is 11.3 Å². The molecule has 0 aromatic rings. The summed E-state index contributed by atoms with van der Waals surface area (Å²) in [6.07, 6.45) is 2.85. The molecular formula is C9H19NaO. The first kappa shape index (κ1) is 14.2. The summed E-state index contributed by atoms with van der Waals surface area (Å²) in [5.41, 5.74) is 0.364. The number of carbonyl (C=O) groups excluding carboxylic acids is 1. The quantitative estimate of drug-likeness (QED) is 0.463. The molecule has 0 rings (SSSR count). The number of carbonyl (C=O) groups is 1. The van der Waals surface area contributed by atoms with Crippen LogP contribution in [0.2, 0.25) is 0 Å². The second kappa shape index (κ2) is 6.22. The minimum atomic E-state index is 0. The van der Waals surface area contributed by atoms with Gasteiger partial charge in [-0.1, -0.05) is 27.7 Å². The van der Waals surface area contributed by atoms with Crippen LogP contribution in [0.25, 0.3) is 0 Å². The SMILES string of the molecule is CC(CC=O)CC(C)(C)C.[NaH]. The molecule has 0 amide bonds. The molecule has 62 valence electrons. The van der Waals surface area contributed by atoms with Crippen molar-refractivity contribution in [1.82, 2.24) is 0 Å². The molecule has 0 radical (unpaired) electrons. The maximum atomic E-state index is 10.1. The molecule has 0 spiro atoms. The molecule has 0 bridgehead atoms. The Morgan fingerprint density at radius 3 is 2.09 bits per heavy atom. The third-order valence-corrected chi connectivity index (χ3v) is 1.46. The molecule has 11 heavy (non-hydrogen) atoms. The molecule has 0 aliphatic rings. The van der Waals surface area contributed by atoms with Gasteiger partial charge in [-0.05, 0) is 17.8 Å². The Hall–Kier alpha value is 0.670. The third-order valence-electron chi connectivity index (χ3n) is 1.46. The van der Waals surface area contributed by atoms with Crippen LogP contribution in [0.3, 0.4) is 0 Å². The van der Waals surface area contributed by atoms with Crippen molar-refractivity contribution >= 4 is 35.8 Å². The van der Waals surface area contributed by atoms with Crippen molar-refractivity contribution in [2.24, 2.45) is 11.3 Å². The third kappa shape index (κ3) is 10.7. The summed E-state index contributed by atoms with van der Waals surface area (Å²) in [5, 5.41) is 0. The molecule has 1 unspecified atom stereocenters. The first-order chi connectivity index (χ1) is 4.45. The van der Waals surface area contributed by atoms with Gasteiger partial charge in [0.05, 0.1) is 0 Å². The van der Waals surface area contributed by atoms with Gasteiger partial charge in [0.15, 0.2) is 0 Å². The zero-order valence-corrected chi connectivity index (χ0v) is 7.48. The fraction of sp³-hybridized carbons (Fsp3) is 0.889. The molecule has 0 saturated heterocycles. The van der Waals surface area contributed by atoms with Gasteiger partial charge < -0.3 is 4.79 Å². The van der Waals surface area contributed by atoms with E-state index in [1.807, 2.05) is 0 Å². The van der Waals surface area contributed by atoms with Gasteiger partial charge in [-0.15, -0.1) is 0 Å². The summed E-state index contributed by atoms with van der Waals surface area (Å²) >= 11 is 0. The van der Waals surface area contributed by atoms with Crippen molar-refractivity contribution in [3.05, 3.63) is 0 Å². The van der Waals surface area contributed by atoms with Gasteiger partial charge in [-0.25, -0.2) is 0 Å². The van der Waals surface area contributed by atoms with E-state index in [1.165, 1.54) is 0 Å². The van der Waals surface area contributed by atoms with Crippen LogP contribution in [0.4, 0.5) is 0 Å². The van der Waals surface area contributed by atoms with Crippen LogP contribution in [0.1, 0.15) is 40.5 Å². The molecule has 0 fully saturated rings. The Morgan fingerprint density at radius 2 is 1.82 bits per heavy atom. The minimum absolute atomic E-state index is 0. The summed E-state index contributed by atoms with van der Waals surface area (Å²) < 4.78 is 0. The molecule has 0 heterocycles. The molecule has 0 saturated carbocycles. The monoisotopic (exact) mass is 166 g/mol. The van der Waals surface area contributed by atoms with Gasteiger partial charge in [-0.3, -0.25) is 0 Å². The van der Waals surface area contributed by atoms with E-state index in [4.69, 9.17) is 0 Å². The molecule has 2 heteroatoms. The molecule has 0 N–H and O–H groups in total. The first-order valence-electron chi connectivity index (χ1n) is 3.89. The van der Waals surface area contributed by atoms with Crippen molar-refractivity contribution in [2.45, 2.75) is 40.5 Å². The molecule has 0 aliphatic carbocycles. The number of hydrogen-bond donors (Lipinski definition) is 0. The summed E-state index contributed by atoms with van der Waals surface area (Å²) in [7, 11) is 0. The van der Waals surface area contributed by atoms with Crippen LogP contribution < -0.4 is 0 Å². The summed E-state index contributed by atoms with van der Waals surface area (Å²) in [4.78, 5) is 10.1. The van der Waals surface area contributed by atoms with E-state index in [0.29, 0.717) is 17.8 Å². The molecule has 0 aliphatic heterocycles. The van der Waals surface area contributed by atoms with Gasteiger partial charge in [0.2, 0.25) is 0 Å². The van der Waals surface area contributed by atoms with Crippen LogP contribution in [-0.4, -0.2) is 35.8 Å². The van der Waals surface area contributed by atoms with E-state index in [1.54, 1.807) is 0 Å². The zero-order chi connectivity index (χ0) is 8.20. The van der Waals surface area contributed by atoms with Gasteiger partial charge in [0.25, 0.3) is 0 Å². The van der Waals surface area contributed by atoms with E-state index >= 15 is 0 Å². The van der Waals surface area contributed by atoms with Crippen molar-refractivity contribution in [1.29, 1.82) is 0 Å². The van der Waals surface area contributed by atoms with Crippen LogP contribution in [0.5, 0.6) is 0 Å². The Labute approximate surface area is 92.2 Å². The normalized spacial score (nSPS) is 13.5. The van der Waals surface area contributed by atoms with E-state index in [0.717, 1.165) is 12.7 Å². The molecule has 1 nitrogen and oxygen atoms in total. The molecular weight excluding hydrogens is 147 g/mol. The molecule has 1 atom stereocenters. The summed E-state index contributed by atoms with van der Waals surface area (Å²) in [6, 6.07) is 0. The van der Waals surface area contributed by atoms with E-state index in [9.17, 15) is 4.79 Å². The summed E-state index contributed by atoms with van der Waals surface area (Å²) in [6.45, 7) is 8.73. The van der Waals surface area contributed by atoms with Crippen LogP contribution in [0.15, 0.2) is 0 Å². The number of rotatable bonds is 3. The number of hydrogen-bond acceptors (Lipinski definition) is 1. The van der Waals surface area contributed by atoms with Crippen LogP contribution >= 0.6 is 0 Å². The topological polar surface area (TPSA) is 17.1 Å². The second-order valence-electron chi connectivity index (χ2n) is 4.27. The van der Waals surface area contributed by atoms with Gasteiger partial charge >= 0.3 is 29.6 Å². The Kier molecular flexibility index (Phi) is 8.03. The second-order valence-corrected chi connectivity index (χ2v) is 4.27. The first-order valence-corrected chi connectivity index (χ1v) is 3.89. The van der Waals surface area contributed by atoms with Gasteiger partial charge in [-0.2, -0.15) is 0 Å². The Balaban J connectivity index is 0. The molecule has 0 aromatic carbocycles. The number of aldehydes is 1. The van der Waals surface area contributed by atoms with Gasteiger partial charge in [0.1, 0.15) is 6.29 Å². The zero-order valence-electron chi connectivity index (χ0n) is 7.48. The van der Waals surface area contributed by atoms with Crippen molar-refractivity contribution in [3.8, 4) is 0 Å². The maximum absolute atomic E-state index is 10.1. The molecule has 0 aromatic heterocycles. The fourth-order valence-electron chi connectivity index (χ4n) is 1.29. The Morgan fingerprint density at radius 1 is 1.36 bits per heavy atom. The van der Waals surface area contributed by atoms with Gasteiger partial charge in [0, 0.05) is 6.42 Å². The Bertz CT molecular complexity index is 105. The summed E-state index contributed by atoms with van der Waals surface area (Å²) in [5.74, 6) is 0.539. The van der Waals surface area contributed by atoms with Crippen LogP contribution in [-0.2, 0) is 4.79 Å².